The number of hydrogen-bond donors (Lipinski definition) is 2. The molecular weight excluding hydrogens is 239 g/mol. The van der Waals surface area contributed by atoms with Crippen molar-refractivity contribution >= 4 is 32.9 Å². The van der Waals surface area contributed by atoms with Crippen LogP contribution in [-0.4, -0.2) is 19.8 Å². The molecule has 1 rings (SSSR count). The molecule has 0 heterocycles. The lowest BCUT2D eigenvalue weighted by Gasteiger charge is -2.08. The standard InChI is InChI=1S/C8H9FN2O2S2/c1-15(12,13)7-3-2-5(9)4-6(7)11-8(10)14/h2-4H,1H3,(H3,10,11,14). The molecular formula is C8H9FN2O2S2. The lowest BCUT2D eigenvalue weighted by molar-refractivity contribution is 0.601. The van der Waals surface area contributed by atoms with Gasteiger partial charge in [0.1, 0.15) is 5.82 Å². The molecule has 0 bridgehead atoms. The Bertz CT molecular complexity index is 499. The summed E-state index contributed by atoms with van der Waals surface area (Å²) in [4.78, 5) is -0.0447. The molecule has 0 aliphatic carbocycles. The summed E-state index contributed by atoms with van der Waals surface area (Å²) in [6.45, 7) is 0. The van der Waals surface area contributed by atoms with E-state index >= 15 is 0 Å². The van der Waals surface area contributed by atoms with Crippen LogP contribution in [0.1, 0.15) is 0 Å². The first kappa shape index (κ1) is 11.9. The molecule has 0 spiro atoms. The van der Waals surface area contributed by atoms with Gasteiger partial charge in [0.25, 0.3) is 0 Å². The smallest absolute Gasteiger partial charge is 0.177 e. The van der Waals surface area contributed by atoms with Gasteiger partial charge in [-0.25, -0.2) is 12.8 Å². The largest absolute Gasteiger partial charge is 0.376 e. The van der Waals surface area contributed by atoms with E-state index in [0.29, 0.717) is 0 Å². The van der Waals surface area contributed by atoms with Gasteiger partial charge in [-0.2, -0.15) is 0 Å². The number of benzene rings is 1. The van der Waals surface area contributed by atoms with Crippen LogP contribution in [0, 0.1) is 5.82 Å². The zero-order valence-corrected chi connectivity index (χ0v) is 9.45. The fraction of sp³-hybridized carbons (Fsp3) is 0.125. The Balaban J connectivity index is 3.33. The second kappa shape index (κ2) is 4.11. The molecule has 0 fully saturated rings. The highest BCUT2D eigenvalue weighted by molar-refractivity contribution is 7.90. The highest BCUT2D eigenvalue weighted by Crippen LogP contribution is 2.21. The SMILES string of the molecule is CS(=O)(=O)c1ccc(F)cc1NC(N)=S. The summed E-state index contributed by atoms with van der Waals surface area (Å²) in [5, 5.41) is 2.29. The molecule has 0 saturated heterocycles. The van der Waals surface area contributed by atoms with Crippen LogP contribution >= 0.6 is 12.2 Å². The van der Waals surface area contributed by atoms with Gasteiger partial charge in [-0.05, 0) is 30.4 Å². The second-order valence-electron chi connectivity index (χ2n) is 2.90. The molecule has 7 heteroatoms. The third-order valence-electron chi connectivity index (χ3n) is 1.60. The minimum absolute atomic E-state index is 0.0447. The van der Waals surface area contributed by atoms with Crippen LogP contribution in [0.15, 0.2) is 23.1 Å². The zero-order chi connectivity index (χ0) is 11.6. The van der Waals surface area contributed by atoms with E-state index in [0.717, 1.165) is 24.5 Å². The number of sulfone groups is 1. The molecule has 1 aromatic carbocycles. The van der Waals surface area contributed by atoms with Crippen LogP contribution in [0.2, 0.25) is 0 Å². The van der Waals surface area contributed by atoms with Crippen molar-refractivity contribution in [2.45, 2.75) is 4.90 Å². The molecule has 0 aromatic heterocycles. The van der Waals surface area contributed by atoms with Crippen LogP contribution in [0.25, 0.3) is 0 Å². The number of hydrogen-bond acceptors (Lipinski definition) is 3. The lowest BCUT2D eigenvalue weighted by Crippen LogP contribution is -2.20. The fourth-order valence-corrected chi connectivity index (χ4v) is 1.99. The molecule has 1 aromatic rings. The maximum Gasteiger partial charge on any atom is 0.177 e. The molecule has 0 saturated carbocycles. The monoisotopic (exact) mass is 248 g/mol. The predicted molar refractivity (Wildman–Crippen MR) is 59.9 cm³/mol. The van der Waals surface area contributed by atoms with Crippen LogP contribution in [0.5, 0.6) is 0 Å². The van der Waals surface area contributed by atoms with E-state index in [2.05, 4.69) is 17.5 Å². The van der Waals surface area contributed by atoms with Crippen molar-refractivity contribution in [3.05, 3.63) is 24.0 Å². The van der Waals surface area contributed by atoms with Crippen molar-refractivity contribution < 1.29 is 12.8 Å². The third kappa shape index (κ3) is 3.14. The van der Waals surface area contributed by atoms with Gasteiger partial charge in [0.15, 0.2) is 14.9 Å². The number of halogens is 1. The predicted octanol–water partition coefficient (Wildman–Crippen LogP) is 0.885. The highest BCUT2D eigenvalue weighted by atomic mass is 32.2. The summed E-state index contributed by atoms with van der Waals surface area (Å²) in [5.74, 6) is -0.568. The number of rotatable bonds is 2. The van der Waals surface area contributed by atoms with Gasteiger partial charge < -0.3 is 11.1 Å². The van der Waals surface area contributed by atoms with E-state index < -0.39 is 15.7 Å². The van der Waals surface area contributed by atoms with Crippen LogP contribution in [-0.2, 0) is 9.84 Å². The summed E-state index contributed by atoms with van der Waals surface area (Å²) >= 11 is 4.55. The fourth-order valence-electron chi connectivity index (χ4n) is 1.06. The summed E-state index contributed by atoms with van der Waals surface area (Å²) in [6, 6.07) is 3.24. The van der Waals surface area contributed by atoms with E-state index in [9.17, 15) is 12.8 Å². The van der Waals surface area contributed by atoms with Gasteiger partial charge >= 0.3 is 0 Å². The van der Waals surface area contributed by atoms with Gasteiger partial charge in [0, 0.05) is 6.26 Å². The quantitative estimate of drug-likeness (QED) is 0.600. The zero-order valence-electron chi connectivity index (χ0n) is 7.82. The Morgan fingerprint density at radius 3 is 2.60 bits per heavy atom. The summed E-state index contributed by atoms with van der Waals surface area (Å²) < 4.78 is 35.5. The van der Waals surface area contributed by atoms with E-state index in [1.807, 2.05) is 0 Å². The molecule has 0 unspecified atom stereocenters. The Kier molecular flexibility index (Phi) is 3.25. The Hall–Kier alpha value is -1.21. The van der Waals surface area contributed by atoms with Gasteiger partial charge in [0.2, 0.25) is 0 Å². The van der Waals surface area contributed by atoms with Crippen molar-refractivity contribution in [1.29, 1.82) is 0 Å². The number of nitrogens with one attached hydrogen (secondary N) is 1. The lowest BCUT2D eigenvalue weighted by atomic mass is 10.3. The minimum atomic E-state index is -3.44. The molecule has 0 radical (unpaired) electrons. The van der Waals surface area contributed by atoms with Crippen molar-refractivity contribution in [2.75, 3.05) is 11.6 Å². The van der Waals surface area contributed by atoms with Crippen LogP contribution < -0.4 is 11.1 Å². The normalized spacial score (nSPS) is 11.1. The Morgan fingerprint density at radius 1 is 1.53 bits per heavy atom. The molecule has 3 N–H and O–H groups in total. The molecule has 15 heavy (non-hydrogen) atoms. The third-order valence-corrected chi connectivity index (χ3v) is 2.86. The van der Waals surface area contributed by atoms with E-state index in [4.69, 9.17) is 5.73 Å². The van der Waals surface area contributed by atoms with Gasteiger partial charge in [-0.3, -0.25) is 0 Å². The molecule has 0 amide bonds. The van der Waals surface area contributed by atoms with Crippen molar-refractivity contribution in [3.63, 3.8) is 0 Å². The summed E-state index contributed by atoms with van der Waals surface area (Å²) in [7, 11) is -3.44. The molecule has 0 aliphatic rings. The molecule has 0 aliphatic heterocycles. The van der Waals surface area contributed by atoms with Crippen LogP contribution in [0.3, 0.4) is 0 Å². The van der Waals surface area contributed by atoms with Crippen molar-refractivity contribution in [1.82, 2.24) is 0 Å². The summed E-state index contributed by atoms with van der Waals surface area (Å²) in [5.41, 5.74) is 5.24. The maximum atomic E-state index is 12.9. The average molecular weight is 248 g/mol. The number of anilines is 1. The minimum Gasteiger partial charge on any atom is -0.376 e. The topological polar surface area (TPSA) is 72.2 Å². The first-order chi connectivity index (χ1) is 6.80. The van der Waals surface area contributed by atoms with E-state index in [1.165, 1.54) is 0 Å². The summed E-state index contributed by atoms with van der Waals surface area (Å²) in [6.07, 6.45) is 1.02. The van der Waals surface area contributed by atoms with E-state index in [-0.39, 0.29) is 15.7 Å². The second-order valence-corrected chi connectivity index (χ2v) is 5.33. The Labute approximate surface area is 92.2 Å². The average Bonchev–Trinajstić information content (AvgIpc) is 1.99. The number of thiocarbonyl (C=S) groups is 1. The maximum absolute atomic E-state index is 12.9. The van der Waals surface area contributed by atoms with Crippen molar-refractivity contribution in [2.24, 2.45) is 5.73 Å². The first-order valence-electron chi connectivity index (χ1n) is 3.87. The van der Waals surface area contributed by atoms with E-state index in [1.54, 1.807) is 0 Å². The first-order valence-corrected chi connectivity index (χ1v) is 6.17. The van der Waals surface area contributed by atoms with Gasteiger partial charge in [0.05, 0.1) is 10.6 Å². The van der Waals surface area contributed by atoms with Crippen LogP contribution in [0.4, 0.5) is 10.1 Å². The van der Waals surface area contributed by atoms with Gasteiger partial charge in [-0.1, -0.05) is 0 Å². The Morgan fingerprint density at radius 2 is 2.13 bits per heavy atom. The van der Waals surface area contributed by atoms with Gasteiger partial charge in [-0.15, -0.1) is 0 Å². The molecule has 0 atom stereocenters. The molecule has 82 valence electrons. The number of nitrogens with two attached hydrogens (primary N) is 1. The highest BCUT2D eigenvalue weighted by Gasteiger charge is 2.14. The molecule has 4 nitrogen and oxygen atoms in total. The van der Waals surface area contributed by atoms with Crippen molar-refractivity contribution in [3.8, 4) is 0 Å².